The number of pyridine rings is 1. The average Bonchev–Trinajstić information content (AvgIpc) is 2.41. The summed E-state index contributed by atoms with van der Waals surface area (Å²) < 4.78 is 0. The molecule has 1 aromatic heterocycles. The summed E-state index contributed by atoms with van der Waals surface area (Å²) in [6, 6.07) is 5.59. The van der Waals surface area contributed by atoms with Gasteiger partial charge in [0.2, 0.25) is 0 Å². The second kappa shape index (κ2) is 5.35. The number of rotatable bonds is 3. The van der Waals surface area contributed by atoms with Crippen LogP contribution in [0.3, 0.4) is 0 Å². The van der Waals surface area contributed by atoms with Crippen molar-refractivity contribution >= 4 is 17.3 Å². The molecule has 2 N–H and O–H groups in total. The Labute approximate surface area is 113 Å². The van der Waals surface area contributed by atoms with Crippen LogP contribution in [0.5, 0.6) is 0 Å². The Kier molecular flexibility index (Phi) is 3.60. The summed E-state index contributed by atoms with van der Waals surface area (Å²) in [5.74, 6) is -0.615. The van der Waals surface area contributed by atoms with E-state index >= 15 is 0 Å². The van der Waals surface area contributed by atoms with E-state index in [4.69, 9.17) is 0 Å². The van der Waals surface area contributed by atoms with Gasteiger partial charge >= 0.3 is 0 Å². The van der Waals surface area contributed by atoms with Gasteiger partial charge in [-0.25, -0.2) is 0 Å². The molecule has 0 bridgehead atoms. The molecule has 0 radical (unpaired) electrons. The zero-order valence-corrected chi connectivity index (χ0v) is 10.5. The highest BCUT2D eigenvalue weighted by atomic mass is 16.6. The maximum atomic E-state index is 12.0. The Morgan fingerprint density at radius 1 is 1.35 bits per heavy atom. The molecule has 7 nitrogen and oxygen atoms in total. The molecule has 0 fully saturated rings. The van der Waals surface area contributed by atoms with Gasteiger partial charge in [0.25, 0.3) is 11.6 Å². The zero-order chi connectivity index (χ0) is 14.7. The molecule has 0 unspecified atom stereocenters. The highest BCUT2D eigenvalue weighted by Crippen LogP contribution is 2.25. The predicted octanol–water partition coefficient (Wildman–Crippen LogP) is 1.84. The van der Waals surface area contributed by atoms with Crippen LogP contribution in [-0.2, 0) is 0 Å². The minimum Gasteiger partial charge on any atom is -0.367 e. The van der Waals surface area contributed by atoms with Crippen molar-refractivity contribution in [2.24, 2.45) is 0 Å². The maximum absolute atomic E-state index is 12.0. The molecule has 7 heteroatoms. The van der Waals surface area contributed by atoms with Gasteiger partial charge in [-0.05, 0) is 13.0 Å². The van der Waals surface area contributed by atoms with Gasteiger partial charge in [-0.2, -0.15) is 0 Å². The van der Waals surface area contributed by atoms with E-state index < -0.39 is 16.3 Å². The van der Waals surface area contributed by atoms with Crippen molar-refractivity contribution in [3.05, 3.63) is 68.1 Å². The first-order valence-corrected chi connectivity index (χ1v) is 5.73. The van der Waals surface area contributed by atoms with E-state index in [1.54, 1.807) is 0 Å². The van der Waals surface area contributed by atoms with Gasteiger partial charge in [0, 0.05) is 24.5 Å². The Morgan fingerprint density at radius 3 is 2.75 bits per heavy atom. The number of anilines is 1. The molecule has 2 rings (SSSR count). The fourth-order valence-electron chi connectivity index (χ4n) is 1.74. The maximum Gasteiger partial charge on any atom is 0.274 e. The monoisotopic (exact) mass is 273 g/mol. The van der Waals surface area contributed by atoms with Gasteiger partial charge in [-0.3, -0.25) is 19.7 Å². The smallest absolute Gasteiger partial charge is 0.274 e. The van der Waals surface area contributed by atoms with Crippen LogP contribution in [0.4, 0.5) is 11.4 Å². The molecule has 1 heterocycles. The Balaban J connectivity index is 2.34. The molecule has 0 saturated heterocycles. The van der Waals surface area contributed by atoms with E-state index in [1.165, 1.54) is 43.6 Å². The highest BCUT2D eigenvalue weighted by molar-refractivity contribution is 6.04. The van der Waals surface area contributed by atoms with Gasteiger partial charge in [0.15, 0.2) is 5.43 Å². The molecular formula is C13H11N3O4. The average molecular weight is 273 g/mol. The number of carbonyl (C=O) groups is 1. The molecule has 102 valence electrons. The van der Waals surface area contributed by atoms with Crippen molar-refractivity contribution in [3.8, 4) is 0 Å². The van der Waals surface area contributed by atoms with E-state index in [-0.39, 0.29) is 11.3 Å². The fourth-order valence-corrected chi connectivity index (χ4v) is 1.74. The standard InChI is InChI=1S/C13H11N3O4/c1-8-10(3-2-4-11(8)16(19)20)15-13(18)9-7-14-6-5-12(9)17/h2-7H,1H3,(H,14,17)(H,15,18). The molecule has 0 aliphatic rings. The van der Waals surface area contributed by atoms with E-state index in [0.717, 1.165) is 0 Å². The largest absolute Gasteiger partial charge is 0.367 e. The molecule has 0 aliphatic heterocycles. The zero-order valence-electron chi connectivity index (χ0n) is 10.5. The number of benzene rings is 1. The summed E-state index contributed by atoms with van der Waals surface area (Å²) in [5, 5.41) is 13.3. The third-order valence-corrected chi connectivity index (χ3v) is 2.82. The lowest BCUT2D eigenvalue weighted by Gasteiger charge is -2.08. The number of nitrogens with zero attached hydrogens (tertiary/aromatic N) is 1. The number of H-pyrrole nitrogens is 1. The molecule has 0 spiro atoms. The number of carbonyl (C=O) groups excluding carboxylic acids is 1. The lowest BCUT2D eigenvalue weighted by atomic mass is 10.1. The van der Waals surface area contributed by atoms with Crippen molar-refractivity contribution in [1.29, 1.82) is 0 Å². The molecule has 0 saturated carbocycles. The van der Waals surface area contributed by atoms with Crippen molar-refractivity contribution < 1.29 is 9.72 Å². The summed E-state index contributed by atoms with van der Waals surface area (Å²) in [6.07, 6.45) is 2.70. The van der Waals surface area contributed by atoms with Crippen LogP contribution < -0.4 is 10.7 Å². The number of nitro groups is 1. The van der Waals surface area contributed by atoms with Crippen molar-refractivity contribution in [1.82, 2.24) is 4.98 Å². The summed E-state index contributed by atoms with van der Waals surface area (Å²) in [4.78, 5) is 36.4. The molecule has 20 heavy (non-hydrogen) atoms. The number of aromatic nitrogens is 1. The highest BCUT2D eigenvalue weighted by Gasteiger charge is 2.16. The lowest BCUT2D eigenvalue weighted by molar-refractivity contribution is -0.385. The molecular weight excluding hydrogens is 262 g/mol. The normalized spacial score (nSPS) is 10.1. The number of hydrogen-bond acceptors (Lipinski definition) is 4. The van der Waals surface area contributed by atoms with Crippen LogP contribution in [-0.4, -0.2) is 15.8 Å². The third-order valence-electron chi connectivity index (χ3n) is 2.82. The lowest BCUT2D eigenvalue weighted by Crippen LogP contribution is -2.21. The van der Waals surface area contributed by atoms with Crippen LogP contribution in [0.1, 0.15) is 15.9 Å². The minimum atomic E-state index is -0.615. The Morgan fingerprint density at radius 2 is 2.10 bits per heavy atom. The summed E-state index contributed by atoms with van der Waals surface area (Å²) in [7, 11) is 0. The third kappa shape index (κ3) is 2.56. The first-order valence-electron chi connectivity index (χ1n) is 5.73. The molecule has 0 aliphatic carbocycles. The predicted molar refractivity (Wildman–Crippen MR) is 72.8 cm³/mol. The van der Waals surface area contributed by atoms with Gasteiger partial charge < -0.3 is 10.3 Å². The van der Waals surface area contributed by atoms with Crippen LogP contribution in [0, 0.1) is 17.0 Å². The Hall–Kier alpha value is -2.96. The first-order chi connectivity index (χ1) is 9.50. The van der Waals surface area contributed by atoms with Crippen molar-refractivity contribution in [2.75, 3.05) is 5.32 Å². The summed E-state index contributed by atoms with van der Waals surface area (Å²) in [5.41, 5.74) is 0.0539. The van der Waals surface area contributed by atoms with Crippen LogP contribution in [0.25, 0.3) is 0 Å². The molecule has 2 aromatic rings. The van der Waals surface area contributed by atoms with Crippen molar-refractivity contribution in [3.63, 3.8) is 0 Å². The van der Waals surface area contributed by atoms with Crippen molar-refractivity contribution in [2.45, 2.75) is 6.92 Å². The number of hydrogen-bond donors (Lipinski definition) is 2. The number of aromatic amines is 1. The second-order valence-corrected chi connectivity index (χ2v) is 4.08. The SMILES string of the molecule is Cc1c(NC(=O)c2c[nH]ccc2=O)cccc1[N+](=O)[O-]. The summed E-state index contributed by atoms with van der Waals surface area (Å²) >= 11 is 0. The van der Waals surface area contributed by atoms with E-state index in [9.17, 15) is 19.7 Å². The van der Waals surface area contributed by atoms with E-state index in [2.05, 4.69) is 10.3 Å². The number of nitrogens with one attached hydrogen (secondary N) is 2. The number of amides is 1. The van der Waals surface area contributed by atoms with E-state index in [1.807, 2.05) is 0 Å². The molecule has 0 atom stereocenters. The first kappa shape index (κ1) is 13.5. The van der Waals surface area contributed by atoms with Gasteiger partial charge in [-0.15, -0.1) is 0 Å². The fraction of sp³-hybridized carbons (Fsp3) is 0.0769. The Bertz CT molecular complexity index is 736. The molecule has 1 aromatic carbocycles. The van der Waals surface area contributed by atoms with Crippen LogP contribution >= 0.6 is 0 Å². The minimum absolute atomic E-state index is 0.0570. The van der Waals surface area contributed by atoms with Gasteiger partial charge in [-0.1, -0.05) is 6.07 Å². The summed E-state index contributed by atoms with van der Waals surface area (Å²) in [6.45, 7) is 1.53. The second-order valence-electron chi connectivity index (χ2n) is 4.08. The quantitative estimate of drug-likeness (QED) is 0.657. The number of nitro benzene ring substituents is 1. The molecule has 1 amide bonds. The van der Waals surface area contributed by atoms with Gasteiger partial charge in [0.05, 0.1) is 16.2 Å². The van der Waals surface area contributed by atoms with E-state index in [0.29, 0.717) is 11.3 Å². The van der Waals surface area contributed by atoms with Crippen LogP contribution in [0.15, 0.2) is 41.5 Å². The topological polar surface area (TPSA) is 105 Å². The van der Waals surface area contributed by atoms with Gasteiger partial charge in [0.1, 0.15) is 5.56 Å². The van der Waals surface area contributed by atoms with Crippen LogP contribution in [0.2, 0.25) is 0 Å².